The molecule has 0 N–H and O–H groups in total. The SMILES string of the molecule is CC[C@H](C)N(CC(=O)N1CCN(c2ccc(-c3ccccc3)nn2)CC1)C(=O)c1ccc(Cl)cc1Cl. The fraction of sp³-hybridized carbons (Fsp3) is 0.333. The number of piperazine rings is 1. The van der Waals surface area contributed by atoms with Gasteiger partial charge in [-0.2, -0.15) is 0 Å². The van der Waals surface area contributed by atoms with Gasteiger partial charge in [-0.05, 0) is 43.7 Å². The van der Waals surface area contributed by atoms with E-state index in [0.717, 1.165) is 23.5 Å². The molecular formula is C27H29Cl2N5O2. The minimum absolute atomic E-state index is 0.00161. The van der Waals surface area contributed by atoms with Gasteiger partial charge in [0.1, 0.15) is 6.54 Å². The van der Waals surface area contributed by atoms with E-state index in [0.29, 0.717) is 36.8 Å². The lowest BCUT2D eigenvalue weighted by atomic mass is 10.1. The highest BCUT2D eigenvalue weighted by Gasteiger charge is 2.29. The fourth-order valence-electron chi connectivity index (χ4n) is 4.15. The summed E-state index contributed by atoms with van der Waals surface area (Å²) in [4.78, 5) is 32.0. The summed E-state index contributed by atoms with van der Waals surface area (Å²) in [6.45, 7) is 6.30. The molecule has 1 aromatic heterocycles. The molecule has 36 heavy (non-hydrogen) atoms. The van der Waals surface area contributed by atoms with Gasteiger partial charge in [0.25, 0.3) is 5.91 Å². The van der Waals surface area contributed by atoms with Gasteiger partial charge in [0.15, 0.2) is 5.82 Å². The standard InChI is InChI=1S/C27H29Cl2N5O2/c1-3-19(2)34(27(36)22-10-9-21(28)17-23(22)29)18-26(35)33-15-13-32(14-16-33)25-12-11-24(30-31-25)20-7-5-4-6-8-20/h4-12,17,19H,3,13-16,18H2,1-2H3/t19-/m0/s1. The van der Waals surface area contributed by atoms with Crippen LogP contribution >= 0.6 is 23.2 Å². The van der Waals surface area contributed by atoms with E-state index in [1.807, 2.05) is 56.3 Å². The van der Waals surface area contributed by atoms with Gasteiger partial charge in [-0.3, -0.25) is 9.59 Å². The topological polar surface area (TPSA) is 69.6 Å². The lowest BCUT2D eigenvalue weighted by Gasteiger charge is -2.37. The molecule has 2 amide bonds. The average molecular weight is 526 g/mol. The van der Waals surface area contributed by atoms with Gasteiger partial charge in [-0.15, -0.1) is 10.2 Å². The summed E-state index contributed by atoms with van der Waals surface area (Å²) in [6.07, 6.45) is 0.718. The number of carbonyl (C=O) groups excluding carboxylic acids is 2. The number of aromatic nitrogens is 2. The summed E-state index contributed by atoms with van der Waals surface area (Å²) in [5.74, 6) is 0.432. The number of anilines is 1. The maximum Gasteiger partial charge on any atom is 0.256 e. The molecule has 4 rings (SSSR count). The molecule has 3 aromatic rings. The third kappa shape index (κ3) is 5.97. The molecule has 0 aliphatic carbocycles. The van der Waals surface area contributed by atoms with E-state index in [4.69, 9.17) is 23.2 Å². The number of hydrogen-bond acceptors (Lipinski definition) is 5. The summed E-state index contributed by atoms with van der Waals surface area (Å²) >= 11 is 12.3. The zero-order valence-electron chi connectivity index (χ0n) is 20.4. The Labute approximate surface area is 221 Å². The Balaban J connectivity index is 1.38. The third-order valence-corrected chi connectivity index (χ3v) is 7.08. The Morgan fingerprint density at radius 3 is 2.31 bits per heavy atom. The van der Waals surface area contributed by atoms with E-state index in [2.05, 4.69) is 15.1 Å². The minimum Gasteiger partial charge on any atom is -0.352 e. The molecule has 1 aliphatic heterocycles. The Morgan fingerprint density at radius 1 is 0.972 bits per heavy atom. The number of halogens is 2. The second-order valence-electron chi connectivity index (χ2n) is 8.83. The number of carbonyl (C=O) groups is 2. The van der Waals surface area contributed by atoms with Crippen molar-refractivity contribution in [2.24, 2.45) is 0 Å². The molecule has 1 aliphatic rings. The van der Waals surface area contributed by atoms with Gasteiger partial charge in [0.2, 0.25) is 5.91 Å². The Morgan fingerprint density at radius 2 is 1.69 bits per heavy atom. The van der Waals surface area contributed by atoms with Crippen molar-refractivity contribution in [2.45, 2.75) is 26.3 Å². The van der Waals surface area contributed by atoms with Crippen LogP contribution in [-0.2, 0) is 4.79 Å². The van der Waals surface area contributed by atoms with Crippen LogP contribution in [0.15, 0.2) is 60.7 Å². The highest BCUT2D eigenvalue weighted by Crippen LogP contribution is 2.24. The van der Waals surface area contributed by atoms with Gasteiger partial charge in [0, 0.05) is 42.8 Å². The van der Waals surface area contributed by atoms with Crippen molar-refractivity contribution >= 4 is 40.8 Å². The van der Waals surface area contributed by atoms with E-state index in [1.165, 1.54) is 0 Å². The minimum atomic E-state index is -0.271. The second kappa shape index (κ2) is 11.7. The van der Waals surface area contributed by atoms with Crippen LogP contribution in [0.3, 0.4) is 0 Å². The molecule has 0 saturated carbocycles. The molecule has 2 heterocycles. The van der Waals surface area contributed by atoms with Gasteiger partial charge < -0.3 is 14.7 Å². The van der Waals surface area contributed by atoms with Crippen LogP contribution in [0.4, 0.5) is 5.82 Å². The average Bonchev–Trinajstić information content (AvgIpc) is 2.91. The van der Waals surface area contributed by atoms with Crippen LogP contribution in [0.5, 0.6) is 0 Å². The van der Waals surface area contributed by atoms with Crippen molar-refractivity contribution in [1.29, 1.82) is 0 Å². The predicted molar refractivity (Wildman–Crippen MR) is 144 cm³/mol. The smallest absolute Gasteiger partial charge is 0.256 e. The molecule has 1 fully saturated rings. The zero-order chi connectivity index (χ0) is 25.7. The van der Waals surface area contributed by atoms with Gasteiger partial charge in [0.05, 0.1) is 16.3 Å². The van der Waals surface area contributed by atoms with Gasteiger partial charge >= 0.3 is 0 Å². The molecule has 1 atom stereocenters. The van der Waals surface area contributed by atoms with E-state index < -0.39 is 0 Å². The molecule has 9 heteroatoms. The molecule has 0 unspecified atom stereocenters. The van der Waals surface area contributed by atoms with Crippen molar-refractivity contribution in [2.75, 3.05) is 37.6 Å². The summed E-state index contributed by atoms with van der Waals surface area (Å²) < 4.78 is 0. The lowest BCUT2D eigenvalue weighted by Crippen LogP contribution is -2.53. The van der Waals surface area contributed by atoms with Crippen molar-refractivity contribution < 1.29 is 9.59 Å². The first-order chi connectivity index (χ1) is 17.4. The molecule has 0 radical (unpaired) electrons. The largest absolute Gasteiger partial charge is 0.352 e. The van der Waals surface area contributed by atoms with Gasteiger partial charge in [-0.1, -0.05) is 60.5 Å². The van der Waals surface area contributed by atoms with Crippen molar-refractivity contribution in [3.05, 3.63) is 76.3 Å². The van der Waals surface area contributed by atoms with Crippen LogP contribution in [0, 0.1) is 0 Å². The van der Waals surface area contributed by atoms with Gasteiger partial charge in [-0.25, -0.2) is 0 Å². The normalized spacial score (nSPS) is 14.4. The maximum atomic E-state index is 13.3. The molecular weight excluding hydrogens is 497 g/mol. The Hall–Kier alpha value is -3.16. The lowest BCUT2D eigenvalue weighted by molar-refractivity contribution is -0.132. The molecule has 7 nitrogen and oxygen atoms in total. The molecule has 1 saturated heterocycles. The third-order valence-electron chi connectivity index (χ3n) is 6.53. The van der Waals surface area contributed by atoms with Crippen LogP contribution in [-0.4, -0.2) is 70.6 Å². The number of rotatable bonds is 7. The summed E-state index contributed by atoms with van der Waals surface area (Å²) in [5.41, 5.74) is 2.19. The maximum absolute atomic E-state index is 13.3. The quantitative estimate of drug-likeness (QED) is 0.432. The molecule has 0 bridgehead atoms. The van der Waals surface area contributed by atoms with E-state index in [9.17, 15) is 9.59 Å². The van der Waals surface area contributed by atoms with E-state index in [-0.39, 0.29) is 29.4 Å². The summed E-state index contributed by atoms with van der Waals surface area (Å²) in [6, 6.07) is 18.5. The number of amides is 2. The fourth-order valence-corrected chi connectivity index (χ4v) is 4.64. The Bertz CT molecular complexity index is 1200. The highest BCUT2D eigenvalue weighted by molar-refractivity contribution is 6.36. The monoisotopic (exact) mass is 525 g/mol. The number of benzene rings is 2. The number of nitrogens with zero attached hydrogens (tertiary/aromatic N) is 5. The summed E-state index contributed by atoms with van der Waals surface area (Å²) in [7, 11) is 0. The van der Waals surface area contributed by atoms with Crippen molar-refractivity contribution in [3.63, 3.8) is 0 Å². The van der Waals surface area contributed by atoms with Crippen LogP contribution in [0.25, 0.3) is 11.3 Å². The molecule has 0 spiro atoms. The Kier molecular flexibility index (Phi) is 8.44. The molecule has 2 aromatic carbocycles. The predicted octanol–water partition coefficient (Wildman–Crippen LogP) is 5.04. The second-order valence-corrected chi connectivity index (χ2v) is 9.67. The highest BCUT2D eigenvalue weighted by atomic mass is 35.5. The van der Waals surface area contributed by atoms with E-state index >= 15 is 0 Å². The summed E-state index contributed by atoms with van der Waals surface area (Å²) in [5, 5.41) is 9.51. The van der Waals surface area contributed by atoms with Crippen LogP contribution in [0.2, 0.25) is 10.0 Å². The van der Waals surface area contributed by atoms with Crippen LogP contribution in [0.1, 0.15) is 30.6 Å². The van der Waals surface area contributed by atoms with Crippen LogP contribution < -0.4 is 4.90 Å². The van der Waals surface area contributed by atoms with Crippen molar-refractivity contribution in [3.8, 4) is 11.3 Å². The molecule has 188 valence electrons. The first-order valence-electron chi connectivity index (χ1n) is 12.0. The first-order valence-corrected chi connectivity index (χ1v) is 12.8. The van der Waals surface area contributed by atoms with E-state index in [1.54, 1.807) is 28.0 Å². The zero-order valence-corrected chi connectivity index (χ0v) is 21.9. The first kappa shape index (κ1) is 25.9. The number of hydrogen-bond donors (Lipinski definition) is 0. The van der Waals surface area contributed by atoms with Crippen molar-refractivity contribution in [1.82, 2.24) is 20.0 Å².